The second-order valence-electron chi connectivity index (χ2n) is 8.42. The van der Waals surface area contributed by atoms with Gasteiger partial charge in [0.2, 0.25) is 6.29 Å². The summed E-state index contributed by atoms with van der Waals surface area (Å²) >= 11 is 0. The lowest BCUT2D eigenvalue weighted by atomic mass is 9.82. The van der Waals surface area contributed by atoms with E-state index in [9.17, 15) is 50.4 Å². The van der Waals surface area contributed by atoms with Crippen molar-refractivity contribution in [2.75, 3.05) is 13.2 Å². The average Bonchev–Trinajstić information content (AvgIpc) is 2.86. The van der Waals surface area contributed by atoms with Crippen LogP contribution >= 0.6 is 0 Å². The van der Waals surface area contributed by atoms with Crippen molar-refractivity contribution < 1.29 is 69.4 Å². The number of carbonyl (C=O) groups is 2. The van der Waals surface area contributed by atoms with Crippen molar-refractivity contribution >= 4 is 11.9 Å². The first-order chi connectivity index (χ1) is 17.5. The minimum absolute atomic E-state index is 0.0749. The molecule has 2 heterocycles. The van der Waals surface area contributed by atoms with E-state index >= 15 is 0 Å². The Morgan fingerprint density at radius 3 is 2.24 bits per heavy atom. The second kappa shape index (κ2) is 11.8. The molecule has 204 valence electrons. The summed E-state index contributed by atoms with van der Waals surface area (Å²) in [6.07, 6.45) is -6.96. The van der Waals surface area contributed by atoms with E-state index in [-0.39, 0.29) is 24.2 Å². The molecule has 1 aromatic rings. The minimum atomic E-state index is -1.73. The first-order valence-electron chi connectivity index (χ1n) is 11.1. The van der Waals surface area contributed by atoms with E-state index in [2.05, 4.69) is 6.58 Å². The Kier molecular flexibility index (Phi) is 8.96. The maximum atomic E-state index is 12.3. The van der Waals surface area contributed by atoms with Crippen molar-refractivity contribution in [1.82, 2.24) is 0 Å². The van der Waals surface area contributed by atoms with Gasteiger partial charge in [0.25, 0.3) is 0 Å². The van der Waals surface area contributed by atoms with Crippen LogP contribution in [-0.4, -0.2) is 103 Å². The summed E-state index contributed by atoms with van der Waals surface area (Å²) in [7, 11) is 0. The lowest BCUT2D eigenvalue weighted by Crippen LogP contribution is -2.60. The maximum Gasteiger partial charge on any atom is 0.338 e. The van der Waals surface area contributed by atoms with Crippen molar-refractivity contribution in [3.8, 4) is 17.2 Å². The summed E-state index contributed by atoms with van der Waals surface area (Å²) in [5.74, 6) is -6.36. The van der Waals surface area contributed by atoms with Crippen LogP contribution < -0.4 is 0 Å². The van der Waals surface area contributed by atoms with Crippen LogP contribution in [0.25, 0.3) is 0 Å². The normalized spacial score (nSPS) is 31.6. The number of carbonyl (C=O) groups excluding carboxylic acids is 1. The van der Waals surface area contributed by atoms with Gasteiger partial charge in [0, 0.05) is 11.8 Å². The van der Waals surface area contributed by atoms with Gasteiger partial charge in [-0.15, -0.1) is 6.58 Å². The van der Waals surface area contributed by atoms with Crippen LogP contribution in [0.5, 0.6) is 17.2 Å². The minimum Gasteiger partial charge on any atom is -0.504 e. The number of carboxylic acids is 1. The summed E-state index contributed by atoms with van der Waals surface area (Å²) in [6.45, 7) is 2.66. The fraction of sp³-hybridized carbons (Fsp3) is 0.478. The Bertz CT molecular complexity index is 1010. The van der Waals surface area contributed by atoms with Gasteiger partial charge in [-0.25, -0.2) is 9.59 Å². The van der Waals surface area contributed by atoms with E-state index < -0.39 is 84.6 Å². The van der Waals surface area contributed by atoms with Gasteiger partial charge >= 0.3 is 11.9 Å². The molecule has 0 radical (unpaired) electrons. The highest BCUT2D eigenvalue weighted by atomic mass is 16.8. The fourth-order valence-corrected chi connectivity index (χ4v) is 4.07. The summed E-state index contributed by atoms with van der Waals surface area (Å²) in [5.41, 5.74) is -0.465. The van der Waals surface area contributed by atoms with E-state index in [4.69, 9.17) is 18.9 Å². The largest absolute Gasteiger partial charge is 0.504 e. The number of aromatic hydroxyl groups is 3. The van der Waals surface area contributed by atoms with E-state index in [1.165, 1.54) is 6.08 Å². The molecule has 14 heteroatoms. The third kappa shape index (κ3) is 5.95. The van der Waals surface area contributed by atoms with Crippen molar-refractivity contribution in [1.29, 1.82) is 0 Å². The molecule has 14 nitrogen and oxygen atoms in total. The van der Waals surface area contributed by atoms with Crippen molar-refractivity contribution in [3.63, 3.8) is 0 Å². The SMILES string of the molecule is C=CC1C(OC2OC(CO)C(O)C(O)C2O)OC=C(C(=O)O)C1CCOC(=O)c1cc(O)c(O)c(O)c1. The molecule has 0 spiro atoms. The van der Waals surface area contributed by atoms with Gasteiger partial charge in [-0.05, 0) is 18.6 Å². The first kappa shape index (κ1) is 28.2. The summed E-state index contributed by atoms with van der Waals surface area (Å²) < 4.78 is 21.4. The molecule has 0 bridgehead atoms. The number of phenolic OH excluding ortho intramolecular Hbond substituents is 3. The molecule has 0 amide bonds. The summed E-state index contributed by atoms with van der Waals surface area (Å²) in [4.78, 5) is 24.1. The van der Waals surface area contributed by atoms with Crippen LogP contribution in [0.15, 0.2) is 36.6 Å². The average molecular weight is 528 g/mol. The molecule has 8 atom stereocenters. The van der Waals surface area contributed by atoms with E-state index in [0.29, 0.717) is 0 Å². The fourth-order valence-electron chi connectivity index (χ4n) is 4.07. The molecule has 8 N–H and O–H groups in total. The van der Waals surface area contributed by atoms with Gasteiger partial charge in [-0.2, -0.15) is 0 Å². The highest BCUT2D eigenvalue weighted by Gasteiger charge is 2.47. The number of carboxylic acid groups (broad SMARTS) is 1. The number of hydrogen-bond donors (Lipinski definition) is 8. The predicted molar refractivity (Wildman–Crippen MR) is 119 cm³/mol. The monoisotopic (exact) mass is 528 g/mol. The zero-order valence-corrected chi connectivity index (χ0v) is 19.3. The Morgan fingerprint density at radius 1 is 1.03 bits per heavy atom. The molecule has 3 rings (SSSR count). The van der Waals surface area contributed by atoms with E-state index in [1.54, 1.807) is 0 Å². The molecular formula is C23H28O14. The third-order valence-corrected chi connectivity index (χ3v) is 6.11. The van der Waals surface area contributed by atoms with Crippen molar-refractivity contribution in [2.24, 2.45) is 11.8 Å². The lowest BCUT2D eigenvalue weighted by Gasteiger charge is -2.43. The molecule has 1 saturated heterocycles. The van der Waals surface area contributed by atoms with Crippen molar-refractivity contribution in [3.05, 3.63) is 42.2 Å². The molecule has 0 aliphatic carbocycles. The number of aliphatic hydroxyl groups excluding tert-OH is 4. The highest BCUT2D eigenvalue weighted by molar-refractivity contribution is 5.91. The lowest BCUT2D eigenvalue weighted by molar-refractivity contribution is -0.339. The Labute approximate surface area is 209 Å². The Morgan fingerprint density at radius 2 is 1.68 bits per heavy atom. The topological polar surface area (TPSA) is 233 Å². The quantitative estimate of drug-likeness (QED) is 0.108. The Hall–Kier alpha value is -3.40. The molecule has 1 aromatic carbocycles. The molecular weight excluding hydrogens is 500 g/mol. The number of aliphatic carboxylic acids is 1. The van der Waals surface area contributed by atoms with Crippen LogP contribution in [0.3, 0.4) is 0 Å². The number of aliphatic hydroxyl groups is 4. The number of benzene rings is 1. The third-order valence-electron chi connectivity index (χ3n) is 6.11. The number of ether oxygens (including phenoxy) is 4. The van der Waals surface area contributed by atoms with E-state index in [1.807, 2.05) is 0 Å². The van der Waals surface area contributed by atoms with Crippen LogP contribution in [0.4, 0.5) is 0 Å². The van der Waals surface area contributed by atoms with E-state index in [0.717, 1.165) is 18.4 Å². The van der Waals surface area contributed by atoms with Gasteiger partial charge in [0.1, 0.15) is 24.4 Å². The molecule has 0 aromatic heterocycles. The smallest absolute Gasteiger partial charge is 0.338 e. The van der Waals surface area contributed by atoms with Gasteiger partial charge in [0.05, 0.1) is 30.6 Å². The highest BCUT2D eigenvalue weighted by Crippen LogP contribution is 2.38. The van der Waals surface area contributed by atoms with Crippen LogP contribution in [-0.2, 0) is 23.7 Å². The van der Waals surface area contributed by atoms with Crippen LogP contribution in [0, 0.1) is 11.8 Å². The zero-order valence-electron chi connectivity index (χ0n) is 19.3. The van der Waals surface area contributed by atoms with Crippen LogP contribution in [0.2, 0.25) is 0 Å². The molecule has 1 fully saturated rings. The van der Waals surface area contributed by atoms with Gasteiger partial charge in [-0.1, -0.05) is 6.08 Å². The standard InChI is InChI=1S/C23H28O14/c1-2-10-11(3-4-34-21(33)9-5-13(25)16(27)14(26)6-9)12(20(31)32)8-35-22(10)37-23-19(30)18(29)17(28)15(7-24)36-23/h2,5-6,8,10-11,15,17-19,22-30H,1,3-4,7H2,(H,31,32). The predicted octanol–water partition coefficient (Wildman–Crippen LogP) is -1.09. The first-order valence-corrected chi connectivity index (χ1v) is 11.1. The molecule has 2 aliphatic heterocycles. The molecule has 37 heavy (non-hydrogen) atoms. The van der Waals surface area contributed by atoms with Gasteiger partial charge in [0.15, 0.2) is 23.5 Å². The van der Waals surface area contributed by atoms with Gasteiger partial charge < -0.3 is 59.8 Å². The number of esters is 1. The molecule has 0 saturated carbocycles. The zero-order chi connectivity index (χ0) is 27.4. The molecule has 2 aliphatic rings. The second-order valence-corrected chi connectivity index (χ2v) is 8.42. The van der Waals surface area contributed by atoms with Crippen molar-refractivity contribution in [2.45, 2.75) is 43.4 Å². The summed E-state index contributed by atoms with van der Waals surface area (Å²) in [6, 6.07) is 1.76. The van der Waals surface area contributed by atoms with Gasteiger partial charge in [-0.3, -0.25) is 0 Å². The summed E-state index contributed by atoms with van der Waals surface area (Å²) in [5, 5.41) is 77.7. The maximum absolute atomic E-state index is 12.3. The van der Waals surface area contributed by atoms with Crippen LogP contribution in [0.1, 0.15) is 16.8 Å². The number of rotatable bonds is 9. The Balaban J connectivity index is 1.72. The number of hydrogen-bond acceptors (Lipinski definition) is 13. The number of phenols is 3. The molecule has 8 unspecified atom stereocenters.